The number of carbonyl (C=O) groups is 1. The van der Waals surface area contributed by atoms with Gasteiger partial charge >= 0.3 is 0 Å². The van der Waals surface area contributed by atoms with Crippen molar-refractivity contribution in [3.05, 3.63) is 42.3 Å². The summed E-state index contributed by atoms with van der Waals surface area (Å²) in [6, 6.07) is 7.01. The monoisotopic (exact) mass is 178 g/mol. The topological polar surface area (TPSA) is 49.3 Å². The van der Waals surface area contributed by atoms with E-state index in [0.29, 0.717) is 5.56 Å². The molecule has 0 aromatic heterocycles. The zero-order valence-electron chi connectivity index (χ0n) is 7.29. The zero-order chi connectivity index (χ0) is 9.68. The Labute approximate surface area is 77.4 Å². The van der Waals surface area contributed by atoms with Gasteiger partial charge in [0.25, 0.3) is 5.91 Å². The zero-order valence-corrected chi connectivity index (χ0v) is 7.29. The molecule has 0 aliphatic heterocycles. The van der Waals surface area contributed by atoms with Gasteiger partial charge in [0.15, 0.2) is 0 Å². The number of amides is 1. The van der Waals surface area contributed by atoms with Crippen molar-refractivity contribution in [3.8, 4) is 0 Å². The van der Waals surface area contributed by atoms with Crippen LogP contribution >= 0.6 is 0 Å². The summed E-state index contributed by atoms with van der Waals surface area (Å²) < 4.78 is 0. The number of rotatable bonds is 3. The minimum Gasteiger partial charge on any atom is -0.395 e. The van der Waals surface area contributed by atoms with Crippen molar-refractivity contribution in [3.63, 3.8) is 0 Å². The molecule has 0 heterocycles. The summed E-state index contributed by atoms with van der Waals surface area (Å²) in [5, 5.41) is 11.0. The van der Waals surface area contributed by atoms with Crippen molar-refractivity contribution in [1.29, 1.82) is 0 Å². The number of carbonyl (C=O) groups excluding carboxylic acids is 1. The van der Waals surface area contributed by atoms with Crippen LogP contribution < -0.4 is 5.32 Å². The van der Waals surface area contributed by atoms with Crippen molar-refractivity contribution in [2.45, 2.75) is 0 Å². The van der Waals surface area contributed by atoms with Crippen LogP contribution in [0.25, 0.3) is 0 Å². The van der Waals surface area contributed by atoms with E-state index < -0.39 is 0 Å². The highest BCUT2D eigenvalue weighted by molar-refractivity contribution is 5.94. The second-order valence-corrected chi connectivity index (χ2v) is 2.68. The molecule has 1 amide bonds. The van der Waals surface area contributed by atoms with Gasteiger partial charge in [0.2, 0.25) is 0 Å². The number of aliphatic hydroxyl groups excluding tert-OH is 1. The van der Waals surface area contributed by atoms with Gasteiger partial charge in [0.05, 0.1) is 6.61 Å². The molecule has 1 rings (SSSR count). The van der Waals surface area contributed by atoms with Gasteiger partial charge in [-0.2, -0.15) is 0 Å². The summed E-state index contributed by atoms with van der Waals surface area (Å²) in [7, 11) is 0. The Kier molecular flexibility index (Phi) is 3.46. The Morgan fingerprint density at radius 1 is 1.54 bits per heavy atom. The molecule has 0 unspecified atom stereocenters. The minimum atomic E-state index is -0.181. The molecule has 0 spiro atoms. The minimum absolute atomic E-state index is 0.0458. The average Bonchev–Trinajstić information content (AvgIpc) is 2.14. The lowest BCUT2D eigenvalue weighted by Crippen LogP contribution is -2.26. The molecule has 1 aromatic rings. The van der Waals surface area contributed by atoms with Crippen LogP contribution in [-0.4, -0.2) is 24.2 Å². The Hall–Kier alpha value is -1.35. The van der Waals surface area contributed by atoms with Crippen molar-refractivity contribution < 1.29 is 9.90 Å². The van der Waals surface area contributed by atoms with Crippen molar-refractivity contribution in [2.75, 3.05) is 13.2 Å². The highest BCUT2D eigenvalue weighted by Gasteiger charge is 2.02. The van der Waals surface area contributed by atoms with Crippen LogP contribution in [-0.2, 0) is 0 Å². The maximum Gasteiger partial charge on any atom is 0.251 e. The van der Waals surface area contributed by atoms with E-state index >= 15 is 0 Å². The second-order valence-electron chi connectivity index (χ2n) is 2.68. The van der Waals surface area contributed by atoms with Crippen molar-refractivity contribution >= 4 is 5.91 Å². The first kappa shape index (κ1) is 9.74. The predicted molar refractivity (Wildman–Crippen MR) is 50.3 cm³/mol. The van der Waals surface area contributed by atoms with Gasteiger partial charge in [-0.3, -0.25) is 4.79 Å². The van der Waals surface area contributed by atoms with Gasteiger partial charge in [-0.15, -0.1) is 0 Å². The van der Waals surface area contributed by atoms with Crippen LogP contribution in [0.3, 0.4) is 0 Å². The largest absolute Gasteiger partial charge is 0.395 e. The van der Waals surface area contributed by atoms with Gasteiger partial charge < -0.3 is 10.4 Å². The Balaban J connectivity index is 2.66. The van der Waals surface area contributed by atoms with Gasteiger partial charge in [-0.1, -0.05) is 12.1 Å². The van der Waals surface area contributed by atoms with Crippen LogP contribution in [0.1, 0.15) is 15.9 Å². The van der Waals surface area contributed by atoms with E-state index in [1.54, 1.807) is 18.2 Å². The highest BCUT2D eigenvalue weighted by atomic mass is 16.3. The molecule has 3 nitrogen and oxygen atoms in total. The molecule has 1 radical (unpaired) electrons. The van der Waals surface area contributed by atoms with Crippen LogP contribution in [0, 0.1) is 6.92 Å². The molecule has 0 saturated carbocycles. The maximum atomic E-state index is 11.3. The first-order valence-electron chi connectivity index (χ1n) is 4.05. The molecule has 1 aromatic carbocycles. The number of benzene rings is 1. The standard InChI is InChI=1S/C10H12NO2/c1-8-3-2-4-9(7-8)10(13)11-5-6-12/h2-4,7,12H,1,5-6H2,(H,11,13). The van der Waals surface area contributed by atoms with Crippen molar-refractivity contribution in [2.24, 2.45) is 0 Å². The normalized spacial score (nSPS) is 9.69. The summed E-state index contributed by atoms with van der Waals surface area (Å²) >= 11 is 0. The number of nitrogens with one attached hydrogen (secondary N) is 1. The summed E-state index contributed by atoms with van der Waals surface area (Å²) in [4.78, 5) is 11.3. The van der Waals surface area contributed by atoms with E-state index in [1.807, 2.05) is 6.07 Å². The van der Waals surface area contributed by atoms with Crippen LogP contribution in [0.2, 0.25) is 0 Å². The van der Waals surface area contributed by atoms with E-state index in [-0.39, 0.29) is 19.1 Å². The number of hydrogen-bond acceptors (Lipinski definition) is 2. The lowest BCUT2D eigenvalue weighted by atomic mass is 10.1. The van der Waals surface area contributed by atoms with E-state index in [2.05, 4.69) is 12.2 Å². The van der Waals surface area contributed by atoms with Gasteiger partial charge in [0.1, 0.15) is 0 Å². The van der Waals surface area contributed by atoms with Crippen LogP contribution in [0.5, 0.6) is 0 Å². The molecule has 2 N–H and O–H groups in total. The number of aliphatic hydroxyl groups is 1. The Bertz CT molecular complexity index is 297. The van der Waals surface area contributed by atoms with E-state index in [9.17, 15) is 4.79 Å². The first-order valence-corrected chi connectivity index (χ1v) is 4.05. The van der Waals surface area contributed by atoms with Gasteiger partial charge in [-0.25, -0.2) is 0 Å². The van der Waals surface area contributed by atoms with E-state index in [1.165, 1.54) is 0 Å². The molecule has 0 bridgehead atoms. The number of hydrogen-bond donors (Lipinski definition) is 2. The third kappa shape index (κ3) is 2.87. The molecule has 0 saturated heterocycles. The molecular weight excluding hydrogens is 166 g/mol. The quantitative estimate of drug-likeness (QED) is 0.711. The lowest BCUT2D eigenvalue weighted by Gasteiger charge is -2.03. The molecular formula is C10H12NO2. The summed E-state index contributed by atoms with van der Waals surface area (Å²) in [5.41, 5.74) is 1.37. The predicted octanol–water partition coefficient (Wildman–Crippen LogP) is 0.591. The molecule has 0 fully saturated rings. The third-order valence-electron chi connectivity index (χ3n) is 1.59. The Morgan fingerprint density at radius 3 is 2.92 bits per heavy atom. The van der Waals surface area contributed by atoms with Crippen molar-refractivity contribution in [1.82, 2.24) is 5.32 Å². The molecule has 0 aliphatic rings. The fourth-order valence-corrected chi connectivity index (χ4v) is 0.984. The summed E-state index contributed by atoms with van der Waals surface area (Å²) in [5.74, 6) is -0.181. The van der Waals surface area contributed by atoms with E-state index in [4.69, 9.17) is 5.11 Å². The molecule has 69 valence electrons. The summed E-state index contributed by atoms with van der Waals surface area (Å²) in [6.07, 6.45) is 0. The third-order valence-corrected chi connectivity index (χ3v) is 1.59. The molecule has 0 aliphatic carbocycles. The van der Waals surface area contributed by atoms with Crippen LogP contribution in [0.15, 0.2) is 24.3 Å². The van der Waals surface area contributed by atoms with E-state index in [0.717, 1.165) is 5.56 Å². The lowest BCUT2D eigenvalue weighted by molar-refractivity contribution is 0.0944. The van der Waals surface area contributed by atoms with Crippen LogP contribution in [0.4, 0.5) is 0 Å². The molecule has 0 atom stereocenters. The second kappa shape index (κ2) is 4.62. The SMILES string of the molecule is [CH2]c1cccc(C(=O)NCCO)c1. The average molecular weight is 178 g/mol. The van der Waals surface area contributed by atoms with Gasteiger partial charge in [-0.05, 0) is 24.6 Å². The fourth-order valence-electron chi connectivity index (χ4n) is 0.984. The molecule has 3 heteroatoms. The summed E-state index contributed by atoms with van der Waals surface area (Å²) in [6.45, 7) is 3.95. The maximum absolute atomic E-state index is 11.3. The molecule has 13 heavy (non-hydrogen) atoms. The highest BCUT2D eigenvalue weighted by Crippen LogP contribution is 2.02. The Morgan fingerprint density at radius 2 is 2.31 bits per heavy atom. The van der Waals surface area contributed by atoms with Gasteiger partial charge in [0, 0.05) is 12.1 Å². The smallest absolute Gasteiger partial charge is 0.251 e. The first-order chi connectivity index (χ1) is 6.24. The fraction of sp³-hybridized carbons (Fsp3) is 0.200.